The van der Waals surface area contributed by atoms with Gasteiger partial charge in [0.15, 0.2) is 0 Å². The lowest BCUT2D eigenvalue weighted by atomic mass is 10.1. The van der Waals surface area contributed by atoms with Gasteiger partial charge in [-0.25, -0.2) is 0 Å². The number of benzene rings is 2. The second kappa shape index (κ2) is 9.39. The van der Waals surface area contributed by atoms with E-state index in [1.807, 2.05) is 60.7 Å². The summed E-state index contributed by atoms with van der Waals surface area (Å²) in [7, 11) is 0. The molecular formula is C20H22N2O3. The third-order valence-corrected chi connectivity index (χ3v) is 3.75. The van der Waals surface area contributed by atoms with Crippen LogP contribution < -0.4 is 5.32 Å². The number of nitrogens with zero attached hydrogens (tertiary/aromatic N) is 1. The molecule has 0 radical (unpaired) electrons. The lowest BCUT2D eigenvalue weighted by Gasteiger charge is -2.26. The standard InChI is InChI=1S/C20H22N2O3/c1-2-19(24)21-13-20(25)22(14-16-9-5-3-6-10-16)15-18(23)17-11-7-4-8-12-17/h2-12,18,23H,1,13-15H2,(H,21,24). The van der Waals surface area contributed by atoms with Gasteiger partial charge in [0.1, 0.15) is 0 Å². The first kappa shape index (κ1) is 18.4. The fourth-order valence-electron chi connectivity index (χ4n) is 2.39. The topological polar surface area (TPSA) is 69.6 Å². The molecule has 0 aliphatic heterocycles. The molecule has 25 heavy (non-hydrogen) atoms. The molecule has 0 bridgehead atoms. The Bertz CT molecular complexity index is 701. The summed E-state index contributed by atoms with van der Waals surface area (Å²) in [5, 5.41) is 12.9. The fraction of sp³-hybridized carbons (Fsp3) is 0.200. The predicted molar refractivity (Wildman–Crippen MR) is 96.5 cm³/mol. The minimum Gasteiger partial charge on any atom is -0.387 e. The van der Waals surface area contributed by atoms with Crippen LogP contribution in [0.25, 0.3) is 0 Å². The van der Waals surface area contributed by atoms with Gasteiger partial charge in [-0.05, 0) is 17.2 Å². The van der Waals surface area contributed by atoms with Crippen LogP contribution in [-0.2, 0) is 16.1 Å². The van der Waals surface area contributed by atoms with Crippen molar-refractivity contribution < 1.29 is 14.7 Å². The maximum atomic E-state index is 12.5. The van der Waals surface area contributed by atoms with Crippen molar-refractivity contribution in [1.29, 1.82) is 0 Å². The SMILES string of the molecule is C=CC(=O)NCC(=O)N(Cc1ccccc1)CC(O)c1ccccc1. The van der Waals surface area contributed by atoms with E-state index >= 15 is 0 Å². The molecule has 2 rings (SSSR count). The molecule has 2 aromatic rings. The molecule has 0 saturated carbocycles. The summed E-state index contributed by atoms with van der Waals surface area (Å²) in [5.41, 5.74) is 1.69. The summed E-state index contributed by atoms with van der Waals surface area (Å²) >= 11 is 0. The zero-order valence-electron chi connectivity index (χ0n) is 14.0. The van der Waals surface area contributed by atoms with Crippen molar-refractivity contribution in [2.45, 2.75) is 12.6 Å². The Morgan fingerprint density at radius 1 is 1.08 bits per heavy atom. The number of hydrogen-bond acceptors (Lipinski definition) is 3. The molecule has 0 saturated heterocycles. The minimum atomic E-state index is -0.802. The summed E-state index contributed by atoms with van der Waals surface area (Å²) in [5.74, 6) is -0.675. The third-order valence-electron chi connectivity index (χ3n) is 3.75. The van der Waals surface area contributed by atoms with E-state index in [0.717, 1.165) is 17.2 Å². The van der Waals surface area contributed by atoms with E-state index in [9.17, 15) is 14.7 Å². The van der Waals surface area contributed by atoms with Crippen LogP contribution in [0.5, 0.6) is 0 Å². The molecule has 0 aliphatic carbocycles. The molecule has 0 heterocycles. The molecule has 0 spiro atoms. The van der Waals surface area contributed by atoms with Crippen LogP contribution in [0.2, 0.25) is 0 Å². The highest BCUT2D eigenvalue weighted by molar-refractivity contribution is 5.90. The summed E-state index contributed by atoms with van der Waals surface area (Å²) in [4.78, 5) is 25.3. The monoisotopic (exact) mass is 338 g/mol. The van der Waals surface area contributed by atoms with Crippen molar-refractivity contribution in [3.8, 4) is 0 Å². The van der Waals surface area contributed by atoms with E-state index in [4.69, 9.17) is 0 Å². The van der Waals surface area contributed by atoms with Crippen LogP contribution in [0.1, 0.15) is 17.2 Å². The van der Waals surface area contributed by atoms with Gasteiger partial charge < -0.3 is 15.3 Å². The van der Waals surface area contributed by atoms with Crippen molar-refractivity contribution in [3.63, 3.8) is 0 Å². The number of nitrogens with one attached hydrogen (secondary N) is 1. The number of aliphatic hydroxyl groups excluding tert-OH is 1. The van der Waals surface area contributed by atoms with E-state index in [-0.39, 0.29) is 19.0 Å². The summed E-state index contributed by atoms with van der Waals surface area (Å²) in [6.07, 6.45) is 0.317. The van der Waals surface area contributed by atoms with Crippen molar-refractivity contribution in [2.75, 3.05) is 13.1 Å². The van der Waals surface area contributed by atoms with Crippen molar-refractivity contribution in [1.82, 2.24) is 10.2 Å². The van der Waals surface area contributed by atoms with Crippen LogP contribution >= 0.6 is 0 Å². The molecule has 5 nitrogen and oxygen atoms in total. The van der Waals surface area contributed by atoms with Gasteiger partial charge in [0.05, 0.1) is 19.2 Å². The Labute approximate surface area is 147 Å². The number of carbonyl (C=O) groups is 2. The molecule has 2 N–H and O–H groups in total. The smallest absolute Gasteiger partial charge is 0.243 e. The van der Waals surface area contributed by atoms with Crippen molar-refractivity contribution in [2.24, 2.45) is 0 Å². The summed E-state index contributed by atoms with van der Waals surface area (Å²) in [6, 6.07) is 18.7. The molecular weight excluding hydrogens is 316 g/mol. The molecule has 0 aliphatic rings. The Morgan fingerprint density at radius 2 is 1.68 bits per heavy atom. The largest absolute Gasteiger partial charge is 0.387 e. The molecule has 130 valence electrons. The van der Waals surface area contributed by atoms with Gasteiger partial charge >= 0.3 is 0 Å². The predicted octanol–water partition coefficient (Wildman–Crippen LogP) is 2.05. The normalized spacial score (nSPS) is 11.4. The van der Waals surface area contributed by atoms with E-state index in [0.29, 0.717) is 6.54 Å². The minimum absolute atomic E-state index is 0.140. The van der Waals surface area contributed by atoms with Gasteiger partial charge in [-0.3, -0.25) is 9.59 Å². The van der Waals surface area contributed by atoms with Gasteiger partial charge in [0, 0.05) is 6.54 Å². The van der Waals surface area contributed by atoms with Gasteiger partial charge in [-0.2, -0.15) is 0 Å². The lowest BCUT2D eigenvalue weighted by molar-refractivity contribution is -0.134. The van der Waals surface area contributed by atoms with Crippen LogP contribution in [-0.4, -0.2) is 34.9 Å². The number of amides is 2. The van der Waals surface area contributed by atoms with Crippen LogP contribution in [0, 0.1) is 0 Å². The molecule has 0 fully saturated rings. The highest BCUT2D eigenvalue weighted by Gasteiger charge is 2.19. The first-order valence-corrected chi connectivity index (χ1v) is 8.05. The zero-order chi connectivity index (χ0) is 18.1. The Balaban J connectivity index is 2.09. The Hall–Kier alpha value is -2.92. The lowest BCUT2D eigenvalue weighted by Crippen LogP contribution is -2.41. The first-order valence-electron chi connectivity index (χ1n) is 8.05. The van der Waals surface area contributed by atoms with Gasteiger partial charge in [-0.1, -0.05) is 67.2 Å². The van der Waals surface area contributed by atoms with Gasteiger partial charge in [0.2, 0.25) is 11.8 Å². The quantitative estimate of drug-likeness (QED) is 0.724. The number of rotatable bonds is 8. The average Bonchev–Trinajstić information content (AvgIpc) is 2.66. The zero-order valence-corrected chi connectivity index (χ0v) is 14.0. The van der Waals surface area contributed by atoms with E-state index < -0.39 is 12.0 Å². The molecule has 2 aromatic carbocycles. The summed E-state index contributed by atoms with van der Waals surface area (Å²) < 4.78 is 0. The second-order valence-electron chi connectivity index (χ2n) is 5.61. The van der Waals surface area contributed by atoms with Crippen LogP contribution in [0.3, 0.4) is 0 Å². The van der Waals surface area contributed by atoms with Gasteiger partial charge in [-0.15, -0.1) is 0 Å². The van der Waals surface area contributed by atoms with E-state index in [2.05, 4.69) is 11.9 Å². The Morgan fingerprint density at radius 3 is 2.28 bits per heavy atom. The number of hydrogen-bond donors (Lipinski definition) is 2. The number of carbonyl (C=O) groups excluding carboxylic acids is 2. The van der Waals surface area contributed by atoms with E-state index in [1.54, 1.807) is 0 Å². The van der Waals surface area contributed by atoms with Crippen molar-refractivity contribution in [3.05, 3.63) is 84.4 Å². The highest BCUT2D eigenvalue weighted by Crippen LogP contribution is 2.15. The average molecular weight is 338 g/mol. The van der Waals surface area contributed by atoms with Crippen molar-refractivity contribution >= 4 is 11.8 Å². The number of aliphatic hydroxyl groups is 1. The maximum Gasteiger partial charge on any atom is 0.243 e. The van der Waals surface area contributed by atoms with Crippen LogP contribution in [0.15, 0.2) is 73.3 Å². The van der Waals surface area contributed by atoms with Gasteiger partial charge in [0.25, 0.3) is 0 Å². The first-order chi connectivity index (χ1) is 12.1. The molecule has 0 aromatic heterocycles. The fourth-order valence-corrected chi connectivity index (χ4v) is 2.39. The molecule has 5 heteroatoms. The van der Waals surface area contributed by atoms with Crippen LogP contribution in [0.4, 0.5) is 0 Å². The molecule has 1 atom stereocenters. The maximum absolute atomic E-state index is 12.5. The van der Waals surface area contributed by atoms with E-state index in [1.165, 1.54) is 4.90 Å². The highest BCUT2D eigenvalue weighted by atomic mass is 16.3. The summed E-state index contributed by atoms with van der Waals surface area (Å²) in [6.45, 7) is 3.72. The molecule has 1 unspecified atom stereocenters. The second-order valence-corrected chi connectivity index (χ2v) is 5.61. The third kappa shape index (κ3) is 5.90. The Kier molecular flexibility index (Phi) is 6.92. The molecule has 2 amide bonds.